The summed E-state index contributed by atoms with van der Waals surface area (Å²) in [5, 5.41) is 4.63. The standard InChI is InChI=1S/C18H19FN2/c1-2-20-12-16-5-3-4-15-10-11-21(18(15)16)13-14-6-8-17(19)9-7-14/h3-11,20H,2,12-13H2,1H3. The van der Waals surface area contributed by atoms with Crippen molar-refractivity contribution < 1.29 is 4.39 Å². The number of fused-ring (bicyclic) bond motifs is 1. The van der Waals surface area contributed by atoms with E-state index in [2.05, 4.69) is 47.3 Å². The summed E-state index contributed by atoms with van der Waals surface area (Å²) in [6, 6.07) is 15.2. The highest BCUT2D eigenvalue weighted by Gasteiger charge is 2.07. The van der Waals surface area contributed by atoms with Gasteiger partial charge in [0.15, 0.2) is 0 Å². The van der Waals surface area contributed by atoms with Crippen molar-refractivity contribution in [2.45, 2.75) is 20.0 Å². The van der Waals surface area contributed by atoms with E-state index in [9.17, 15) is 4.39 Å². The highest BCUT2D eigenvalue weighted by atomic mass is 19.1. The summed E-state index contributed by atoms with van der Waals surface area (Å²) < 4.78 is 15.2. The highest BCUT2D eigenvalue weighted by Crippen LogP contribution is 2.21. The van der Waals surface area contributed by atoms with Gasteiger partial charge in [-0.25, -0.2) is 4.39 Å². The van der Waals surface area contributed by atoms with Crippen molar-refractivity contribution in [3.8, 4) is 0 Å². The number of nitrogens with zero attached hydrogens (tertiary/aromatic N) is 1. The first kappa shape index (κ1) is 13.8. The molecule has 0 aliphatic heterocycles. The van der Waals surface area contributed by atoms with E-state index in [1.807, 2.05) is 12.1 Å². The molecular weight excluding hydrogens is 263 g/mol. The van der Waals surface area contributed by atoms with Gasteiger partial charge in [0, 0.05) is 19.3 Å². The van der Waals surface area contributed by atoms with Crippen molar-refractivity contribution in [3.05, 3.63) is 71.7 Å². The largest absolute Gasteiger partial charge is 0.343 e. The van der Waals surface area contributed by atoms with Gasteiger partial charge in [-0.1, -0.05) is 37.3 Å². The number of hydrogen-bond donors (Lipinski definition) is 1. The SMILES string of the molecule is CCNCc1cccc2ccn(Cc3ccc(F)cc3)c12. The number of rotatable bonds is 5. The highest BCUT2D eigenvalue weighted by molar-refractivity contribution is 5.83. The summed E-state index contributed by atoms with van der Waals surface area (Å²) in [6.07, 6.45) is 2.10. The first-order valence-corrected chi connectivity index (χ1v) is 7.30. The summed E-state index contributed by atoms with van der Waals surface area (Å²) in [5.41, 5.74) is 3.65. The molecule has 1 heterocycles. The average Bonchev–Trinajstić information content (AvgIpc) is 2.91. The van der Waals surface area contributed by atoms with E-state index in [4.69, 9.17) is 0 Å². The predicted molar refractivity (Wildman–Crippen MR) is 84.8 cm³/mol. The van der Waals surface area contributed by atoms with Crippen LogP contribution in [-0.4, -0.2) is 11.1 Å². The molecule has 0 unspecified atom stereocenters. The smallest absolute Gasteiger partial charge is 0.123 e. The van der Waals surface area contributed by atoms with Crippen LogP contribution in [0.5, 0.6) is 0 Å². The van der Waals surface area contributed by atoms with Crippen molar-refractivity contribution in [3.63, 3.8) is 0 Å². The van der Waals surface area contributed by atoms with Gasteiger partial charge in [0.2, 0.25) is 0 Å². The molecule has 2 nitrogen and oxygen atoms in total. The van der Waals surface area contributed by atoms with Crippen LogP contribution in [0.25, 0.3) is 10.9 Å². The van der Waals surface area contributed by atoms with Gasteiger partial charge in [0.05, 0.1) is 5.52 Å². The maximum absolute atomic E-state index is 13.0. The van der Waals surface area contributed by atoms with E-state index in [0.717, 1.165) is 25.2 Å². The van der Waals surface area contributed by atoms with Crippen LogP contribution in [0.1, 0.15) is 18.1 Å². The fraction of sp³-hybridized carbons (Fsp3) is 0.222. The van der Waals surface area contributed by atoms with Gasteiger partial charge >= 0.3 is 0 Å². The predicted octanol–water partition coefficient (Wildman–Crippen LogP) is 3.94. The molecule has 3 rings (SSSR count). The van der Waals surface area contributed by atoms with Crippen LogP contribution < -0.4 is 5.32 Å². The summed E-state index contributed by atoms with van der Waals surface area (Å²) in [4.78, 5) is 0. The van der Waals surface area contributed by atoms with Crippen LogP contribution in [0.2, 0.25) is 0 Å². The fourth-order valence-electron chi connectivity index (χ4n) is 2.66. The molecule has 0 spiro atoms. The van der Waals surface area contributed by atoms with Gasteiger partial charge in [-0.05, 0) is 41.3 Å². The van der Waals surface area contributed by atoms with Crippen LogP contribution in [0.15, 0.2) is 54.7 Å². The molecule has 3 aromatic rings. The zero-order valence-electron chi connectivity index (χ0n) is 12.1. The Morgan fingerprint density at radius 1 is 1.05 bits per heavy atom. The van der Waals surface area contributed by atoms with Gasteiger partial charge in [-0.15, -0.1) is 0 Å². The summed E-state index contributed by atoms with van der Waals surface area (Å²) in [7, 11) is 0. The third kappa shape index (κ3) is 2.98. The number of benzene rings is 2. The molecule has 0 saturated heterocycles. The molecule has 0 fully saturated rings. The third-order valence-electron chi connectivity index (χ3n) is 3.70. The van der Waals surface area contributed by atoms with Crippen LogP contribution >= 0.6 is 0 Å². The third-order valence-corrected chi connectivity index (χ3v) is 3.70. The molecule has 0 amide bonds. The minimum Gasteiger partial charge on any atom is -0.343 e. The Hall–Kier alpha value is -2.13. The van der Waals surface area contributed by atoms with Gasteiger partial charge in [0.1, 0.15) is 5.82 Å². The van der Waals surface area contributed by atoms with Crippen molar-refractivity contribution in [1.29, 1.82) is 0 Å². The lowest BCUT2D eigenvalue weighted by molar-refractivity contribution is 0.626. The van der Waals surface area contributed by atoms with Gasteiger partial charge in [-0.2, -0.15) is 0 Å². The Kier molecular flexibility index (Phi) is 4.02. The van der Waals surface area contributed by atoms with Crippen molar-refractivity contribution in [2.75, 3.05) is 6.54 Å². The van der Waals surface area contributed by atoms with Crippen LogP contribution in [0, 0.1) is 5.82 Å². The minimum atomic E-state index is -0.191. The number of nitrogens with one attached hydrogen (secondary N) is 1. The van der Waals surface area contributed by atoms with Gasteiger partial charge < -0.3 is 9.88 Å². The van der Waals surface area contributed by atoms with E-state index < -0.39 is 0 Å². The van der Waals surface area contributed by atoms with Gasteiger partial charge in [-0.3, -0.25) is 0 Å². The molecule has 0 bridgehead atoms. The second-order valence-electron chi connectivity index (χ2n) is 5.21. The lowest BCUT2D eigenvalue weighted by Gasteiger charge is -2.10. The van der Waals surface area contributed by atoms with E-state index in [1.165, 1.54) is 28.6 Å². The number of hydrogen-bond acceptors (Lipinski definition) is 1. The zero-order chi connectivity index (χ0) is 14.7. The maximum Gasteiger partial charge on any atom is 0.123 e. The monoisotopic (exact) mass is 282 g/mol. The van der Waals surface area contributed by atoms with Crippen LogP contribution in [0.4, 0.5) is 4.39 Å². The summed E-state index contributed by atoms with van der Waals surface area (Å²) in [6.45, 7) is 4.68. The Morgan fingerprint density at radius 3 is 2.62 bits per heavy atom. The fourth-order valence-corrected chi connectivity index (χ4v) is 2.66. The maximum atomic E-state index is 13.0. The molecular formula is C18H19FN2. The summed E-state index contributed by atoms with van der Waals surface area (Å²) >= 11 is 0. The topological polar surface area (TPSA) is 17.0 Å². The second-order valence-corrected chi connectivity index (χ2v) is 5.21. The van der Waals surface area contributed by atoms with E-state index in [0.29, 0.717) is 0 Å². The average molecular weight is 282 g/mol. The zero-order valence-corrected chi connectivity index (χ0v) is 12.1. The molecule has 0 aliphatic carbocycles. The first-order chi connectivity index (χ1) is 10.3. The first-order valence-electron chi connectivity index (χ1n) is 7.30. The van der Waals surface area contributed by atoms with Crippen LogP contribution in [0.3, 0.4) is 0 Å². The number of para-hydroxylation sites is 1. The molecule has 0 atom stereocenters. The summed E-state index contributed by atoms with van der Waals surface area (Å²) in [5.74, 6) is -0.191. The number of aromatic nitrogens is 1. The molecule has 0 aliphatic rings. The lowest BCUT2D eigenvalue weighted by Crippen LogP contribution is -2.13. The molecule has 1 aromatic heterocycles. The quantitative estimate of drug-likeness (QED) is 0.750. The molecule has 108 valence electrons. The molecule has 21 heavy (non-hydrogen) atoms. The Bertz CT molecular complexity index is 729. The van der Waals surface area contributed by atoms with Crippen molar-refractivity contribution >= 4 is 10.9 Å². The minimum absolute atomic E-state index is 0.191. The molecule has 3 heteroatoms. The molecule has 0 saturated carbocycles. The molecule has 1 N–H and O–H groups in total. The molecule has 2 aromatic carbocycles. The Balaban J connectivity index is 1.96. The lowest BCUT2D eigenvalue weighted by atomic mass is 10.1. The van der Waals surface area contributed by atoms with E-state index in [1.54, 1.807) is 0 Å². The van der Waals surface area contributed by atoms with Gasteiger partial charge in [0.25, 0.3) is 0 Å². The van der Waals surface area contributed by atoms with Crippen LogP contribution in [-0.2, 0) is 13.1 Å². The Morgan fingerprint density at radius 2 is 1.86 bits per heavy atom. The number of halogens is 1. The molecule has 0 radical (unpaired) electrons. The Labute approximate surface area is 124 Å². The van der Waals surface area contributed by atoms with Crippen molar-refractivity contribution in [2.24, 2.45) is 0 Å². The van der Waals surface area contributed by atoms with E-state index >= 15 is 0 Å². The van der Waals surface area contributed by atoms with E-state index in [-0.39, 0.29) is 5.82 Å². The van der Waals surface area contributed by atoms with Crippen molar-refractivity contribution in [1.82, 2.24) is 9.88 Å². The normalized spacial score (nSPS) is 11.1. The second kappa shape index (κ2) is 6.10.